The van der Waals surface area contributed by atoms with Crippen LogP contribution in [0.1, 0.15) is 11.4 Å². The second-order valence-corrected chi connectivity index (χ2v) is 3.91. The summed E-state index contributed by atoms with van der Waals surface area (Å²) in [5, 5.41) is 4.27. The molecule has 4 heteroatoms. The first-order valence-electron chi connectivity index (χ1n) is 5.06. The Hall–Kier alpha value is -1.84. The van der Waals surface area contributed by atoms with Crippen molar-refractivity contribution in [3.63, 3.8) is 0 Å². The van der Waals surface area contributed by atoms with Gasteiger partial charge < -0.3 is 5.73 Å². The lowest BCUT2D eigenvalue weighted by Gasteiger charge is -2.05. The number of rotatable bonds is 1. The van der Waals surface area contributed by atoms with E-state index in [1.54, 1.807) is 16.8 Å². The fourth-order valence-corrected chi connectivity index (χ4v) is 1.90. The van der Waals surface area contributed by atoms with E-state index >= 15 is 0 Å². The van der Waals surface area contributed by atoms with E-state index in [4.69, 9.17) is 5.73 Å². The predicted octanol–water partition coefficient (Wildman–Crippen LogP) is 2.43. The van der Waals surface area contributed by atoms with Crippen LogP contribution in [0.25, 0.3) is 11.1 Å². The molecule has 0 bridgehead atoms. The van der Waals surface area contributed by atoms with Gasteiger partial charge in [-0.05, 0) is 32.0 Å². The third-order valence-corrected chi connectivity index (χ3v) is 2.77. The molecule has 16 heavy (non-hydrogen) atoms. The average molecular weight is 219 g/mol. The number of hydrogen-bond donors (Lipinski definition) is 1. The second-order valence-electron chi connectivity index (χ2n) is 3.91. The van der Waals surface area contributed by atoms with E-state index in [9.17, 15) is 4.39 Å². The maximum absolute atomic E-state index is 13.7. The van der Waals surface area contributed by atoms with E-state index in [1.807, 2.05) is 20.9 Å². The number of aromatic nitrogens is 2. The molecule has 0 radical (unpaired) electrons. The zero-order valence-corrected chi connectivity index (χ0v) is 9.58. The molecule has 0 atom stereocenters. The first-order valence-corrected chi connectivity index (χ1v) is 5.06. The molecule has 1 heterocycles. The van der Waals surface area contributed by atoms with Gasteiger partial charge in [-0.1, -0.05) is 0 Å². The highest BCUT2D eigenvalue weighted by Gasteiger charge is 2.15. The van der Waals surface area contributed by atoms with E-state index in [0.717, 1.165) is 17.0 Å². The quantitative estimate of drug-likeness (QED) is 0.748. The number of hydrogen-bond acceptors (Lipinski definition) is 2. The SMILES string of the molecule is Cc1nn(C)c(C)c1-c1cc(N)ccc1F. The average Bonchev–Trinajstić information content (AvgIpc) is 2.46. The number of anilines is 1. The standard InChI is InChI=1S/C12H14FN3/c1-7-12(8(2)16(3)15-7)10-6-9(14)4-5-11(10)13/h4-6H,14H2,1-3H3. The van der Waals surface area contributed by atoms with Crippen molar-refractivity contribution in [3.8, 4) is 11.1 Å². The van der Waals surface area contributed by atoms with Crippen LogP contribution in [0.4, 0.5) is 10.1 Å². The Morgan fingerprint density at radius 1 is 1.31 bits per heavy atom. The molecule has 3 nitrogen and oxygen atoms in total. The maximum Gasteiger partial charge on any atom is 0.131 e. The smallest absolute Gasteiger partial charge is 0.131 e. The molecule has 84 valence electrons. The summed E-state index contributed by atoms with van der Waals surface area (Å²) in [4.78, 5) is 0. The minimum atomic E-state index is -0.270. The fraction of sp³-hybridized carbons (Fsp3) is 0.250. The largest absolute Gasteiger partial charge is 0.399 e. The highest BCUT2D eigenvalue weighted by atomic mass is 19.1. The molecule has 0 aliphatic rings. The molecular weight excluding hydrogens is 205 g/mol. The Bertz CT molecular complexity index is 543. The molecule has 0 aliphatic carbocycles. The van der Waals surface area contributed by atoms with Gasteiger partial charge in [-0.15, -0.1) is 0 Å². The number of benzene rings is 1. The molecule has 0 saturated carbocycles. The number of nitrogen functional groups attached to an aromatic ring is 1. The second kappa shape index (κ2) is 3.63. The molecule has 0 amide bonds. The number of halogens is 1. The van der Waals surface area contributed by atoms with Crippen molar-refractivity contribution < 1.29 is 4.39 Å². The van der Waals surface area contributed by atoms with Crippen LogP contribution in [0.3, 0.4) is 0 Å². The van der Waals surface area contributed by atoms with Gasteiger partial charge in [0.25, 0.3) is 0 Å². The summed E-state index contributed by atoms with van der Waals surface area (Å²) in [6.45, 7) is 3.78. The maximum atomic E-state index is 13.7. The Balaban J connectivity index is 2.71. The fourth-order valence-electron chi connectivity index (χ4n) is 1.90. The van der Waals surface area contributed by atoms with Crippen LogP contribution in [0, 0.1) is 19.7 Å². The summed E-state index contributed by atoms with van der Waals surface area (Å²) >= 11 is 0. The van der Waals surface area contributed by atoms with Crippen LogP contribution >= 0.6 is 0 Å². The van der Waals surface area contributed by atoms with Gasteiger partial charge in [-0.3, -0.25) is 4.68 Å². The van der Waals surface area contributed by atoms with Crippen molar-refractivity contribution in [2.24, 2.45) is 7.05 Å². The van der Waals surface area contributed by atoms with Crippen molar-refractivity contribution >= 4 is 5.69 Å². The Morgan fingerprint density at radius 3 is 2.56 bits per heavy atom. The summed E-state index contributed by atoms with van der Waals surface area (Å²) in [6, 6.07) is 4.59. The Morgan fingerprint density at radius 2 is 2.00 bits per heavy atom. The highest BCUT2D eigenvalue weighted by molar-refractivity contribution is 5.72. The van der Waals surface area contributed by atoms with E-state index in [-0.39, 0.29) is 5.82 Å². The predicted molar refractivity (Wildman–Crippen MR) is 62.5 cm³/mol. The molecular formula is C12H14FN3. The molecule has 0 saturated heterocycles. The van der Waals surface area contributed by atoms with Crippen LogP contribution in [0.15, 0.2) is 18.2 Å². The molecule has 0 aliphatic heterocycles. The van der Waals surface area contributed by atoms with Crippen molar-refractivity contribution in [1.82, 2.24) is 9.78 Å². The van der Waals surface area contributed by atoms with Gasteiger partial charge in [0.1, 0.15) is 5.82 Å². The van der Waals surface area contributed by atoms with Gasteiger partial charge in [-0.2, -0.15) is 5.10 Å². The molecule has 0 spiro atoms. The van der Waals surface area contributed by atoms with Crippen LogP contribution in [-0.2, 0) is 7.05 Å². The van der Waals surface area contributed by atoms with Crippen molar-refractivity contribution in [1.29, 1.82) is 0 Å². The van der Waals surface area contributed by atoms with Gasteiger partial charge in [0.2, 0.25) is 0 Å². The lowest BCUT2D eigenvalue weighted by molar-refractivity contribution is 0.631. The van der Waals surface area contributed by atoms with Gasteiger partial charge in [-0.25, -0.2) is 4.39 Å². The van der Waals surface area contributed by atoms with E-state index < -0.39 is 0 Å². The van der Waals surface area contributed by atoms with Gasteiger partial charge in [0.05, 0.1) is 5.69 Å². The van der Waals surface area contributed by atoms with Gasteiger partial charge >= 0.3 is 0 Å². The normalized spacial score (nSPS) is 10.8. The molecule has 0 fully saturated rings. The molecule has 2 aromatic rings. The highest BCUT2D eigenvalue weighted by Crippen LogP contribution is 2.30. The molecule has 1 aromatic carbocycles. The third kappa shape index (κ3) is 1.56. The van der Waals surface area contributed by atoms with Crippen LogP contribution < -0.4 is 5.73 Å². The van der Waals surface area contributed by atoms with E-state index in [0.29, 0.717) is 11.3 Å². The van der Waals surface area contributed by atoms with E-state index in [1.165, 1.54) is 6.07 Å². The summed E-state index contributed by atoms with van der Waals surface area (Å²) in [6.07, 6.45) is 0. The summed E-state index contributed by atoms with van der Waals surface area (Å²) in [5.41, 5.74) is 9.32. The van der Waals surface area contributed by atoms with Crippen LogP contribution in [-0.4, -0.2) is 9.78 Å². The lowest BCUT2D eigenvalue weighted by Crippen LogP contribution is -1.94. The number of nitrogens with zero attached hydrogens (tertiary/aromatic N) is 2. The topological polar surface area (TPSA) is 43.8 Å². The van der Waals surface area contributed by atoms with Crippen LogP contribution in [0.2, 0.25) is 0 Å². The number of aryl methyl sites for hydroxylation is 2. The van der Waals surface area contributed by atoms with Crippen LogP contribution in [0.5, 0.6) is 0 Å². The van der Waals surface area contributed by atoms with Crippen molar-refractivity contribution in [2.75, 3.05) is 5.73 Å². The number of nitrogens with two attached hydrogens (primary N) is 1. The first kappa shape index (κ1) is 10.7. The van der Waals surface area contributed by atoms with Crippen molar-refractivity contribution in [2.45, 2.75) is 13.8 Å². The Kier molecular flexibility index (Phi) is 2.42. The lowest BCUT2D eigenvalue weighted by atomic mass is 10.0. The zero-order valence-electron chi connectivity index (χ0n) is 9.58. The third-order valence-electron chi connectivity index (χ3n) is 2.77. The summed E-state index contributed by atoms with van der Waals surface area (Å²) < 4.78 is 15.5. The minimum absolute atomic E-state index is 0.270. The Labute approximate surface area is 93.7 Å². The minimum Gasteiger partial charge on any atom is -0.399 e. The first-order chi connectivity index (χ1) is 7.50. The molecule has 0 unspecified atom stereocenters. The van der Waals surface area contributed by atoms with Gasteiger partial charge in [0.15, 0.2) is 0 Å². The molecule has 1 aromatic heterocycles. The van der Waals surface area contributed by atoms with E-state index in [2.05, 4.69) is 5.10 Å². The molecule has 2 N–H and O–H groups in total. The summed E-state index contributed by atoms with van der Waals surface area (Å²) in [5.74, 6) is -0.270. The zero-order chi connectivity index (χ0) is 11.9. The monoisotopic (exact) mass is 219 g/mol. The molecule has 2 rings (SSSR count). The van der Waals surface area contributed by atoms with Crippen molar-refractivity contribution in [3.05, 3.63) is 35.4 Å². The summed E-state index contributed by atoms with van der Waals surface area (Å²) in [7, 11) is 1.84. The van der Waals surface area contributed by atoms with Gasteiger partial charge in [0, 0.05) is 29.6 Å².